The van der Waals surface area contributed by atoms with E-state index in [1.807, 2.05) is 6.92 Å². The predicted molar refractivity (Wildman–Crippen MR) is 59.4 cm³/mol. The molecule has 1 rings (SSSR count). The van der Waals surface area contributed by atoms with Crippen LogP contribution in [0.25, 0.3) is 0 Å². The van der Waals surface area contributed by atoms with E-state index < -0.39 is 0 Å². The van der Waals surface area contributed by atoms with Gasteiger partial charge in [-0.1, -0.05) is 0 Å². The summed E-state index contributed by atoms with van der Waals surface area (Å²) in [5.41, 5.74) is 5.33. The smallest absolute Gasteiger partial charge is 0.221 e. The summed E-state index contributed by atoms with van der Waals surface area (Å²) < 4.78 is 5.32. The Morgan fingerprint density at radius 2 is 2.27 bits per heavy atom. The number of carbonyl (C=O) groups is 1. The van der Waals surface area contributed by atoms with Gasteiger partial charge in [0.05, 0.1) is 12.5 Å². The Morgan fingerprint density at radius 1 is 1.53 bits per heavy atom. The fraction of sp³-hybridized carbons (Fsp3) is 0.909. The molecule has 88 valence electrons. The Hall–Kier alpha value is -0.610. The quantitative estimate of drug-likeness (QED) is 0.682. The molecule has 0 aromatic carbocycles. The molecule has 1 aliphatic rings. The van der Waals surface area contributed by atoms with Crippen LogP contribution in [0.2, 0.25) is 0 Å². The average Bonchev–Trinajstić information content (AvgIpc) is 2.20. The molecular weight excluding hydrogens is 192 g/mol. The number of ether oxygens (including phenoxy) is 1. The second kappa shape index (κ2) is 6.08. The van der Waals surface area contributed by atoms with Crippen molar-refractivity contribution in [3.05, 3.63) is 0 Å². The third-order valence-electron chi connectivity index (χ3n) is 3.14. The molecule has 1 aliphatic heterocycles. The zero-order chi connectivity index (χ0) is 11.3. The van der Waals surface area contributed by atoms with Crippen molar-refractivity contribution in [1.82, 2.24) is 4.90 Å². The van der Waals surface area contributed by atoms with E-state index >= 15 is 0 Å². The Kier molecular flexibility index (Phi) is 5.05. The molecule has 2 atom stereocenters. The first-order valence-electron chi connectivity index (χ1n) is 5.76. The van der Waals surface area contributed by atoms with Gasteiger partial charge in [0.1, 0.15) is 0 Å². The van der Waals surface area contributed by atoms with Crippen LogP contribution in [0.4, 0.5) is 0 Å². The normalized spacial score (nSPS) is 27.9. The topological polar surface area (TPSA) is 55.6 Å². The second-order valence-corrected chi connectivity index (χ2v) is 4.22. The van der Waals surface area contributed by atoms with E-state index in [-0.39, 0.29) is 11.8 Å². The van der Waals surface area contributed by atoms with Crippen molar-refractivity contribution in [2.24, 2.45) is 11.7 Å². The van der Waals surface area contributed by atoms with E-state index in [0.29, 0.717) is 6.04 Å². The summed E-state index contributed by atoms with van der Waals surface area (Å²) in [6.07, 6.45) is 1.99. The van der Waals surface area contributed by atoms with Crippen molar-refractivity contribution < 1.29 is 9.53 Å². The van der Waals surface area contributed by atoms with Crippen LogP contribution in [0.5, 0.6) is 0 Å². The summed E-state index contributed by atoms with van der Waals surface area (Å²) >= 11 is 0. The van der Waals surface area contributed by atoms with E-state index in [1.165, 1.54) is 0 Å². The molecule has 4 nitrogen and oxygen atoms in total. The van der Waals surface area contributed by atoms with Crippen molar-refractivity contribution in [2.75, 3.05) is 26.3 Å². The third kappa shape index (κ3) is 3.80. The molecule has 0 bridgehead atoms. The molecule has 15 heavy (non-hydrogen) atoms. The standard InChI is InChI=1S/C11H22N2O2/c1-3-15-7-6-13-8-10(11(12)14)5-4-9(13)2/h9-10H,3-8H2,1-2H3,(H2,12,14)/t9-,10-/m0/s1. The lowest BCUT2D eigenvalue weighted by molar-refractivity contribution is -0.124. The highest BCUT2D eigenvalue weighted by Crippen LogP contribution is 2.21. The Bertz CT molecular complexity index is 209. The summed E-state index contributed by atoms with van der Waals surface area (Å²) in [4.78, 5) is 13.4. The van der Waals surface area contributed by atoms with Crippen LogP contribution >= 0.6 is 0 Å². The largest absolute Gasteiger partial charge is 0.380 e. The lowest BCUT2D eigenvalue weighted by atomic mass is 9.93. The molecule has 0 unspecified atom stereocenters. The molecule has 0 saturated carbocycles. The van der Waals surface area contributed by atoms with Crippen LogP contribution in [0.3, 0.4) is 0 Å². The number of piperidine rings is 1. The van der Waals surface area contributed by atoms with Gasteiger partial charge in [-0.25, -0.2) is 0 Å². The van der Waals surface area contributed by atoms with Crippen LogP contribution < -0.4 is 5.73 Å². The van der Waals surface area contributed by atoms with E-state index in [0.717, 1.165) is 39.1 Å². The van der Waals surface area contributed by atoms with Gasteiger partial charge in [0.2, 0.25) is 5.91 Å². The van der Waals surface area contributed by atoms with Crippen LogP contribution in [0, 0.1) is 5.92 Å². The van der Waals surface area contributed by atoms with Gasteiger partial charge < -0.3 is 10.5 Å². The summed E-state index contributed by atoms with van der Waals surface area (Å²) in [6, 6.07) is 0.543. The Labute approximate surface area is 91.8 Å². The highest BCUT2D eigenvalue weighted by atomic mass is 16.5. The predicted octanol–water partition coefficient (Wildman–Crippen LogP) is 0.609. The van der Waals surface area contributed by atoms with Gasteiger partial charge >= 0.3 is 0 Å². The number of amides is 1. The molecule has 0 spiro atoms. The number of primary amides is 1. The molecule has 4 heteroatoms. The lowest BCUT2D eigenvalue weighted by Crippen LogP contribution is -2.46. The van der Waals surface area contributed by atoms with Crippen LogP contribution in [0.1, 0.15) is 26.7 Å². The first kappa shape index (κ1) is 12.5. The number of rotatable bonds is 5. The minimum Gasteiger partial charge on any atom is -0.380 e. The molecule has 2 N–H and O–H groups in total. The van der Waals surface area contributed by atoms with E-state index in [2.05, 4.69) is 11.8 Å². The Balaban J connectivity index is 2.36. The minimum atomic E-state index is -0.164. The van der Waals surface area contributed by atoms with E-state index in [4.69, 9.17) is 10.5 Å². The fourth-order valence-electron chi connectivity index (χ4n) is 2.05. The maximum absolute atomic E-state index is 11.1. The summed E-state index contributed by atoms with van der Waals surface area (Å²) in [5.74, 6) is -0.133. The Morgan fingerprint density at radius 3 is 2.87 bits per heavy atom. The number of hydrogen-bond donors (Lipinski definition) is 1. The lowest BCUT2D eigenvalue weighted by Gasteiger charge is -2.36. The molecule has 1 amide bonds. The van der Waals surface area contributed by atoms with Crippen molar-refractivity contribution in [1.29, 1.82) is 0 Å². The minimum absolute atomic E-state index is 0.0304. The molecule has 1 heterocycles. The molecule has 1 saturated heterocycles. The van der Waals surface area contributed by atoms with Crippen molar-refractivity contribution >= 4 is 5.91 Å². The average molecular weight is 214 g/mol. The number of hydrogen-bond acceptors (Lipinski definition) is 3. The van der Waals surface area contributed by atoms with Crippen molar-refractivity contribution in [3.8, 4) is 0 Å². The maximum Gasteiger partial charge on any atom is 0.221 e. The van der Waals surface area contributed by atoms with Crippen LogP contribution in [0.15, 0.2) is 0 Å². The number of carbonyl (C=O) groups excluding carboxylic acids is 1. The second-order valence-electron chi connectivity index (χ2n) is 4.22. The monoisotopic (exact) mass is 214 g/mol. The highest BCUT2D eigenvalue weighted by Gasteiger charge is 2.27. The first-order valence-corrected chi connectivity index (χ1v) is 5.76. The number of nitrogens with two attached hydrogens (primary N) is 1. The molecule has 0 aromatic rings. The van der Waals surface area contributed by atoms with Gasteiger partial charge in [-0.3, -0.25) is 9.69 Å². The molecular formula is C11H22N2O2. The van der Waals surface area contributed by atoms with Gasteiger partial charge in [-0.05, 0) is 26.7 Å². The van der Waals surface area contributed by atoms with Gasteiger partial charge in [-0.15, -0.1) is 0 Å². The van der Waals surface area contributed by atoms with E-state index in [1.54, 1.807) is 0 Å². The summed E-state index contributed by atoms with van der Waals surface area (Å²) in [6.45, 7) is 7.38. The number of nitrogens with zero attached hydrogens (tertiary/aromatic N) is 1. The highest BCUT2D eigenvalue weighted by molar-refractivity contribution is 5.76. The van der Waals surface area contributed by atoms with Crippen molar-refractivity contribution in [3.63, 3.8) is 0 Å². The van der Waals surface area contributed by atoms with Crippen LogP contribution in [-0.4, -0.2) is 43.2 Å². The van der Waals surface area contributed by atoms with Crippen LogP contribution in [-0.2, 0) is 9.53 Å². The molecule has 0 aromatic heterocycles. The first-order chi connectivity index (χ1) is 7.15. The summed E-state index contributed by atoms with van der Waals surface area (Å²) in [7, 11) is 0. The summed E-state index contributed by atoms with van der Waals surface area (Å²) in [5, 5.41) is 0. The van der Waals surface area contributed by atoms with E-state index in [9.17, 15) is 4.79 Å². The van der Waals surface area contributed by atoms with Gasteiger partial charge in [0, 0.05) is 25.7 Å². The van der Waals surface area contributed by atoms with Gasteiger partial charge in [0.15, 0.2) is 0 Å². The molecule has 0 aliphatic carbocycles. The number of likely N-dealkylation sites (tertiary alicyclic amines) is 1. The SMILES string of the molecule is CCOCCN1C[C@@H](C(N)=O)CC[C@@H]1C. The third-order valence-corrected chi connectivity index (χ3v) is 3.14. The molecule has 0 radical (unpaired) electrons. The zero-order valence-electron chi connectivity index (χ0n) is 9.74. The van der Waals surface area contributed by atoms with Gasteiger partial charge in [-0.2, -0.15) is 0 Å². The van der Waals surface area contributed by atoms with Crippen molar-refractivity contribution in [2.45, 2.75) is 32.7 Å². The molecule has 1 fully saturated rings. The van der Waals surface area contributed by atoms with Gasteiger partial charge in [0.25, 0.3) is 0 Å². The maximum atomic E-state index is 11.1. The fourth-order valence-corrected chi connectivity index (χ4v) is 2.05. The zero-order valence-corrected chi connectivity index (χ0v) is 9.74.